The van der Waals surface area contributed by atoms with Crippen molar-refractivity contribution in [1.82, 2.24) is 9.97 Å². The van der Waals surface area contributed by atoms with E-state index in [9.17, 15) is 17.6 Å². The van der Waals surface area contributed by atoms with Gasteiger partial charge in [0.15, 0.2) is 15.0 Å². The molecule has 22 heavy (non-hydrogen) atoms. The number of aromatic nitrogens is 2. The van der Waals surface area contributed by atoms with Crippen LogP contribution in [0.1, 0.15) is 5.56 Å². The minimum Gasteiger partial charge on any atom is -0.300 e. The van der Waals surface area contributed by atoms with Crippen LogP contribution < -0.4 is 5.56 Å². The number of nitriles is 1. The molecule has 0 amide bonds. The summed E-state index contributed by atoms with van der Waals surface area (Å²) in [7, 11) is -3.70. The lowest BCUT2D eigenvalue weighted by Gasteiger charge is -2.07. The van der Waals surface area contributed by atoms with Gasteiger partial charge in [-0.1, -0.05) is 17.8 Å². The molecule has 0 aliphatic heterocycles. The number of nitrogens with one attached hydrogen (secondary N) is 1. The van der Waals surface area contributed by atoms with Gasteiger partial charge in [-0.25, -0.2) is 17.8 Å². The maximum Gasteiger partial charge on any atom is 0.270 e. The summed E-state index contributed by atoms with van der Waals surface area (Å²) in [5.74, 6) is -0.961. The van der Waals surface area contributed by atoms with Crippen LogP contribution in [0.25, 0.3) is 11.3 Å². The van der Waals surface area contributed by atoms with E-state index < -0.39 is 26.1 Å². The number of hydrogen-bond acceptors (Lipinski definition) is 6. The molecule has 2 aromatic rings. The maximum atomic E-state index is 14.0. The van der Waals surface area contributed by atoms with Gasteiger partial charge in [0.25, 0.3) is 5.56 Å². The van der Waals surface area contributed by atoms with Crippen LogP contribution in [0.4, 0.5) is 4.39 Å². The van der Waals surface area contributed by atoms with Crippen molar-refractivity contribution in [3.05, 3.63) is 39.9 Å². The van der Waals surface area contributed by atoms with Crippen molar-refractivity contribution in [3.63, 3.8) is 0 Å². The number of sulfone groups is 1. The van der Waals surface area contributed by atoms with Crippen molar-refractivity contribution >= 4 is 21.6 Å². The minimum atomic E-state index is -3.70. The van der Waals surface area contributed by atoms with E-state index in [2.05, 4.69) is 9.97 Å². The van der Waals surface area contributed by atoms with Gasteiger partial charge in [-0.05, 0) is 18.4 Å². The fraction of sp³-hybridized carbons (Fsp3) is 0.154. The highest BCUT2D eigenvalue weighted by atomic mass is 32.2. The zero-order chi connectivity index (χ0) is 16.5. The Bertz CT molecular complexity index is 946. The fourth-order valence-corrected chi connectivity index (χ4v) is 2.92. The standard InChI is InChI=1S/C13H10FN3O3S2/c1-21-13-16-11(8(6-15)12(18)17-13)7-3-4-10(9(14)5-7)22(2,19)20/h3-5H,1-2H3,(H,16,17,18). The second-order valence-corrected chi connectivity index (χ2v) is 7.11. The van der Waals surface area contributed by atoms with Gasteiger partial charge in [-0.2, -0.15) is 5.26 Å². The van der Waals surface area contributed by atoms with Crippen molar-refractivity contribution in [2.45, 2.75) is 10.1 Å². The molecule has 6 nitrogen and oxygen atoms in total. The van der Waals surface area contributed by atoms with Crippen LogP contribution >= 0.6 is 11.8 Å². The fourth-order valence-electron chi connectivity index (χ4n) is 1.81. The Hall–Kier alpha value is -2.18. The predicted octanol–water partition coefficient (Wildman–Crippen LogP) is 1.57. The molecule has 114 valence electrons. The summed E-state index contributed by atoms with van der Waals surface area (Å²) in [5.41, 5.74) is -0.730. The summed E-state index contributed by atoms with van der Waals surface area (Å²) in [5, 5.41) is 9.34. The Morgan fingerprint density at radius 2 is 2.09 bits per heavy atom. The number of benzene rings is 1. The van der Waals surface area contributed by atoms with E-state index in [1.807, 2.05) is 0 Å². The zero-order valence-electron chi connectivity index (χ0n) is 11.5. The second kappa shape index (κ2) is 5.90. The van der Waals surface area contributed by atoms with Gasteiger partial charge >= 0.3 is 0 Å². The monoisotopic (exact) mass is 339 g/mol. The first-order chi connectivity index (χ1) is 10.3. The first kappa shape index (κ1) is 16.2. The van der Waals surface area contributed by atoms with Gasteiger partial charge in [0.1, 0.15) is 22.3 Å². The Morgan fingerprint density at radius 1 is 1.41 bits per heavy atom. The smallest absolute Gasteiger partial charge is 0.270 e. The first-order valence-electron chi connectivity index (χ1n) is 5.86. The lowest BCUT2D eigenvalue weighted by molar-refractivity contribution is 0.571. The first-order valence-corrected chi connectivity index (χ1v) is 8.98. The van der Waals surface area contributed by atoms with Gasteiger partial charge in [0.2, 0.25) is 0 Å². The van der Waals surface area contributed by atoms with Crippen molar-refractivity contribution in [1.29, 1.82) is 5.26 Å². The topological polar surface area (TPSA) is 104 Å². The van der Waals surface area contributed by atoms with Gasteiger partial charge in [0, 0.05) is 11.8 Å². The molecule has 1 aromatic carbocycles. The maximum absolute atomic E-state index is 14.0. The summed E-state index contributed by atoms with van der Waals surface area (Å²) in [4.78, 5) is 17.9. The Morgan fingerprint density at radius 3 is 2.59 bits per heavy atom. The number of hydrogen-bond donors (Lipinski definition) is 1. The van der Waals surface area contributed by atoms with Gasteiger partial charge in [0.05, 0.1) is 5.69 Å². The van der Waals surface area contributed by atoms with Crippen molar-refractivity contribution in [3.8, 4) is 17.3 Å². The van der Waals surface area contributed by atoms with Crippen molar-refractivity contribution in [2.24, 2.45) is 0 Å². The third-order valence-corrected chi connectivity index (χ3v) is 4.52. The molecule has 0 aliphatic rings. The van der Waals surface area contributed by atoms with Gasteiger partial charge < -0.3 is 4.98 Å². The number of thioether (sulfide) groups is 1. The van der Waals surface area contributed by atoms with Crippen LogP contribution in [0.3, 0.4) is 0 Å². The van der Waals surface area contributed by atoms with E-state index in [-0.39, 0.29) is 22.0 Å². The van der Waals surface area contributed by atoms with E-state index in [4.69, 9.17) is 5.26 Å². The molecule has 1 aromatic heterocycles. The van der Waals surface area contributed by atoms with Crippen LogP contribution in [-0.2, 0) is 9.84 Å². The van der Waals surface area contributed by atoms with Crippen molar-refractivity contribution in [2.75, 3.05) is 12.5 Å². The third kappa shape index (κ3) is 3.03. The SMILES string of the molecule is CSc1nc(-c2ccc(S(C)(=O)=O)c(F)c2)c(C#N)c(=O)[nH]1. The highest BCUT2D eigenvalue weighted by Crippen LogP contribution is 2.25. The molecule has 0 radical (unpaired) electrons. The lowest BCUT2D eigenvalue weighted by atomic mass is 10.1. The van der Waals surface area contributed by atoms with E-state index in [0.29, 0.717) is 0 Å². The molecule has 1 N–H and O–H groups in total. The van der Waals surface area contributed by atoms with Crippen LogP contribution in [-0.4, -0.2) is 30.9 Å². The van der Waals surface area contributed by atoms with Crippen LogP contribution in [0, 0.1) is 17.1 Å². The Balaban J connectivity index is 2.73. The molecule has 0 unspecified atom stereocenters. The molecular formula is C13H10FN3O3S2. The molecule has 1 heterocycles. The summed E-state index contributed by atoms with van der Waals surface area (Å²) in [6.07, 6.45) is 2.57. The van der Waals surface area contributed by atoms with E-state index in [1.165, 1.54) is 6.07 Å². The predicted molar refractivity (Wildman–Crippen MR) is 79.9 cm³/mol. The number of H-pyrrole nitrogens is 1. The molecule has 0 fully saturated rings. The number of aromatic amines is 1. The van der Waals surface area contributed by atoms with E-state index in [0.717, 1.165) is 30.2 Å². The van der Waals surface area contributed by atoms with Crippen LogP contribution in [0.5, 0.6) is 0 Å². The van der Waals surface area contributed by atoms with Crippen molar-refractivity contribution < 1.29 is 12.8 Å². The van der Waals surface area contributed by atoms with Crippen LogP contribution in [0.15, 0.2) is 33.0 Å². The number of halogens is 1. The van der Waals surface area contributed by atoms with Gasteiger partial charge in [-0.15, -0.1) is 0 Å². The molecule has 0 bridgehead atoms. The molecule has 0 atom stereocenters. The molecule has 0 spiro atoms. The van der Waals surface area contributed by atoms with Gasteiger partial charge in [-0.3, -0.25) is 4.79 Å². The Labute approximate surface area is 129 Å². The quantitative estimate of drug-likeness (QED) is 0.672. The highest BCUT2D eigenvalue weighted by molar-refractivity contribution is 7.98. The summed E-state index contributed by atoms with van der Waals surface area (Å²) in [6.45, 7) is 0. The molecule has 0 aliphatic carbocycles. The molecule has 2 rings (SSSR count). The van der Waals surface area contributed by atoms with E-state index >= 15 is 0 Å². The second-order valence-electron chi connectivity index (χ2n) is 4.33. The highest BCUT2D eigenvalue weighted by Gasteiger charge is 2.18. The molecular weight excluding hydrogens is 329 g/mol. The largest absolute Gasteiger partial charge is 0.300 e. The lowest BCUT2D eigenvalue weighted by Crippen LogP contribution is -2.14. The Kier molecular flexibility index (Phi) is 4.35. The summed E-state index contributed by atoms with van der Waals surface area (Å²) >= 11 is 1.16. The summed E-state index contributed by atoms with van der Waals surface area (Å²) < 4.78 is 36.8. The average molecular weight is 339 g/mol. The molecule has 0 saturated heterocycles. The molecule has 0 saturated carbocycles. The minimum absolute atomic E-state index is 0.00884. The molecule has 9 heteroatoms. The third-order valence-electron chi connectivity index (χ3n) is 2.81. The number of rotatable bonds is 3. The number of nitrogens with zero attached hydrogens (tertiary/aromatic N) is 2. The normalized spacial score (nSPS) is 11.2. The van der Waals surface area contributed by atoms with Crippen LogP contribution in [0.2, 0.25) is 0 Å². The zero-order valence-corrected chi connectivity index (χ0v) is 13.2. The summed E-state index contributed by atoms with van der Waals surface area (Å²) in [6, 6.07) is 5.07. The average Bonchev–Trinajstić information content (AvgIpc) is 2.44. The van der Waals surface area contributed by atoms with E-state index in [1.54, 1.807) is 12.3 Å².